The van der Waals surface area contributed by atoms with Crippen LogP contribution in [-0.2, 0) is 6.42 Å². The summed E-state index contributed by atoms with van der Waals surface area (Å²) in [6.45, 7) is 3.89. The van der Waals surface area contributed by atoms with Crippen LogP contribution < -0.4 is 5.32 Å². The van der Waals surface area contributed by atoms with Crippen molar-refractivity contribution in [2.24, 2.45) is 0 Å². The van der Waals surface area contributed by atoms with Crippen LogP contribution in [0.4, 0.5) is 8.78 Å². The molecule has 1 aromatic carbocycles. The average Bonchev–Trinajstić information content (AvgIpc) is 2.26. The zero-order valence-electron chi connectivity index (χ0n) is 9.35. The zero-order valence-corrected chi connectivity index (χ0v) is 9.35. The highest BCUT2D eigenvalue weighted by Gasteiger charge is 2.16. The van der Waals surface area contributed by atoms with Crippen LogP contribution in [0.3, 0.4) is 0 Å². The molecule has 0 heterocycles. The molecule has 0 fully saturated rings. The Bertz CT molecular complexity index is 323. The van der Waals surface area contributed by atoms with Gasteiger partial charge >= 0.3 is 0 Å². The molecule has 0 saturated heterocycles. The summed E-state index contributed by atoms with van der Waals surface area (Å²) >= 11 is 0. The molecule has 0 aliphatic heterocycles. The van der Waals surface area contributed by atoms with E-state index in [0.717, 1.165) is 11.1 Å². The first-order chi connectivity index (χ1) is 7.11. The number of hydrogen-bond donors (Lipinski definition) is 1. The van der Waals surface area contributed by atoms with Crippen molar-refractivity contribution >= 4 is 0 Å². The fourth-order valence-electron chi connectivity index (χ4n) is 1.80. The van der Waals surface area contributed by atoms with Crippen LogP contribution in [0.1, 0.15) is 43.0 Å². The monoisotopic (exact) mass is 213 g/mol. The lowest BCUT2D eigenvalue weighted by molar-refractivity contribution is 0.150. The van der Waals surface area contributed by atoms with Gasteiger partial charge in [-0.15, -0.1) is 0 Å². The SMILES string of the molecule is CCc1c(C(F)F)cccc1[C@@H](C)NC. The van der Waals surface area contributed by atoms with E-state index in [-0.39, 0.29) is 11.6 Å². The highest BCUT2D eigenvalue weighted by atomic mass is 19.3. The summed E-state index contributed by atoms with van der Waals surface area (Å²) in [4.78, 5) is 0. The highest BCUT2D eigenvalue weighted by Crippen LogP contribution is 2.28. The second kappa shape index (κ2) is 5.21. The minimum absolute atomic E-state index is 0.110. The molecule has 1 aromatic rings. The molecule has 0 aliphatic rings. The Balaban J connectivity index is 3.22. The zero-order chi connectivity index (χ0) is 11.4. The van der Waals surface area contributed by atoms with Crippen molar-refractivity contribution in [2.45, 2.75) is 32.7 Å². The quantitative estimate of drug-likeness (QED) is 0.807. The lowest BCUT2D eigenvalue weighted by Crippen LogP contribution is -2.15. The van der Waals surface area contributed by atoms with Crippen LogP contribution in [0.2, 0.25) is 0 Å². The van der Waals surface area contributed by atoms with Gasteiger partial charge in [0, 0.05) is 11.6 Å². The van der Waals surface area contributed by atoms with Crippen molar-refractivity contribution in [1.29, 1.82) is 0 Å². The third-order valence-corrected chi connectivity index (χ3v) is 2.74. The molecule has 0 bridgehead atoms. The smallest absolute Gasteiger partial charge is 0.264 e. The molecule has 3 heteroatoms. The Morgan fingerprint density at radius 2 is 1.87 bits per heavy atom. The molecule has 0 saturated carbocycles. The minimum Gasteiger partial charge on any atom is -0.313 e. The van der Waals surface area contributed by atoms with E-state index in [2.05, 4.69) is 5.32 Å². The summed E-state index contributed by atoms with van der Waals surface area (Å²) in [5.41, 5.74) is 1.91. The topological polar surface area (TPSA) is 12.0 Å². The Morgan fingerprint density at radius 3 is 2.33 bits per heavy atom. The third kappa shape index (κ3) is 2.53. The van der Waals surface area contributed by atoms with Gasteiger partial charge in [0.25, 0.3) is 6.43 Å². The standard InChI is InChI=1S/C12H17F2N/c1-4-9-10(8(2)15-3)6-5-7-11(9)12(13)14/h5-8,12,15H,4H2,1-3H3/t8-/m1/s1. The summed E-state index contributed by atoms with van der Waals surface area (Å²) in [6, 6.07) is 5.23. The van der Waals surface area contributed by atoms with Crippen molar-refractivity contribution in [1.82, 2.24) is 5.32 Å². The lowest BCUT2D eigenvalue weighted by atomic mass is 9.95. The maximum absolute atomic E-state index is 12.7. The Morgan fingerprint density at radius 1 is 1.27 bits per heavy atom. The Hall–Kier alpha value is -0.960. The summed E-state index contributed by atoms with van der Waals surface area (Å²) in [7, 11) is 1.83. The van der Waals surface area contributed by atoms with Gasteiger partial charge in [0.05, 0.1) is 0 Å². The fraction of sp³-hybridized carbons (Fsp3) is 0.500. The third-order valence-electron chi connectivity index (χ3n) is 2.74. The number of halogens is 2. The van der Waals surface area contributed by atoms with Crippen molar-refractivity contribution in [3.8, 4) is 0 Å². The van der Waals surface area contributed by atoms with Gasteiger partial charge in [0.15, 0.2) is 0 Å². The molecule has 0 amide bonds. The van der Waals surface area contributed by atoms with E-state index in [1.807, 2.05) is 27.0 Å². The molecule has 0 aromatic heterocycles. The molecule has 15 heavy (non-hydrogen) atoms. The molecule has 0 aliphatic carbocycles. The van der Waals surface area contributed by atoms with E-state index in [9.17, 15) is 8.78 Å². The maximum atomic E-state index is 12.7. The largest absolute Gasteiger partial charge is 0.313 e. The van der Waals surface area contributed by atoms with Crippen LogP contribution in [0.25, 0.3) is 0 Å². The van der Waals surface area contributed by atoms with Gasteiger partial charge < -0.3 is 5.32 Å². The first-order valence-electron chi connectivity index (χ1n) is 5.18. The average molecular weight is 213 g/mol. The van der Waals surface area contributed by atoms with E-state index >= 15 is 0 Å². The van der Waals surface area contributed by atoms with E-state index in [0.29, 0.717) is 6.42 Å². The Labute approximate surface area is 89.5 Å². The molecule has 0 spiro atoms. The summed E-state index contributed by atoms with van der Waals surface area (Å²) in [6.07, 6.45) is -1.74. The second-order valence-electron chi connectivity index (χ2n) is 3.58. The fourth-order valence-corrected chi connectivity index (χ4v) is 1.80. The number of alkyl halides is 2. The summed E-state index contributed by atoms with van der Waals surface area (Å²) in [5.74, 6) is 0. The van der Waals surface area contributed by atoms with E-state index in [4.69, 9.17) is 0 Å². The first kappa shape index (κ1) is 12.1. The Kier molecular flexibility index (Phi) is 4.21. The van der Waals surface area contributed by atoms with Crippen LogP contribution in [0, 0.1) is 0 Å². The predicted molar refractivity (Wildman–Crippen MR) is 58.3 cm³/mol. The van der Waals surface area contributed by atoms with Crippen molar-refractivity contribution in [2.75, 3.05) is 7.05 Å². The number of rotatable bonds is 4. The maximum Gasteiger partial charge on any atom is 0.264 e. The van der Waals surface area contributed by atoms with Crippen molar-refractivity contribution < 1.29 is 8.78 Å². The van der Waals surface area contributed by atoms with Crippen LogP contribution >= 0.6 is 0 Å². The van der Waals surface area contributed by atoms with Crippen LogP contribution in [-0.4, -0.2) is 7.05 Å². The lowest BCUT2D eigenvalue weighted by Gasteiger charge is -2.18. The van der Waals surface area contributed by atoms with E-state index in [1.54, 1.807) is 6.07 Å². The van der Waals surface area contributed by atoms with Gasteiger partial charge in [0.1, 0.15) is 0 Å². The molecule has 0 radical (unpaired) electrons. The highest BCUT2D eigenvalue weighted by molar-refractivity contribution is 5.37. The van der Waals surface area contributed by atoms with Gasteiger partial charge in [-0.1, -0.05) is 25.1 Å². The van der Waals surface area contributed by atoms with Crippen LogP contribution in [0.15, 0.2) is 18.2 Å². The second-order valence-corrected chi connectivity index (χ2v) is 3.58. The molecule has 0 unspecified atom stereocenters. The molecular weight excluding hydrogens is 196 g/mol. The van der Waals surface area contributed by atoms with E-state index < -0.39 is 6.43 Å². The first-order valence-corrected chi connectivity index (χ1v) is 5.18. The predicted octanol–water partition coefficient (Wildman–Crippen LogP) is 3.47. The number of nitrogens with one attached hydrogen (secondary N) is 1. The van der Waals surface area contributed by atoms with E-state index in [1.165, 1.54) is 6.07 Å². The van der Waals surface area contributed by atoms with Crippen molar-refractivity contribution in [3.05, 3.63) is 34.9 Å². The number of benzene rings is 1. The van der Waals surface area contributed by atoms with Gasteiger partial charge in [-0.05, 0) is 31.5 Å². The molecule has 1 rings (SSSR count). The van der Waals surface area contributed by atoms with Gasteiger partial charge in [-0.25, -0.2) is 8.78 Å². The molecule has 1 nitrogen and oxygen atoms in total. The molecule has 84 valence electrons. The molecule has 1 atom stereocenters. The van der Waals surface area contributed by atoms with Crippen molar-refractivity contribution in [3.63, 3.8) is 0 Å². The summed E-state index contributed by atoms with van der Waals surface area (Å²) in [5, 5.41) is 3.08. The van der Waals surface area contributed by atoms with Gasteiger partial charge in [0.2, 0.25) is 0 Å². The molecule has 1 N–H and O–H groups in total. The van der Waals surface area contributed by atoms with Gasteiger partial charge in [-0.3, -0.25) is 0 Å². The number of hydrogen-bond acceptors (Lipinski definition) is 1. The summed E-state index contributed by atoms with van der Waals surface area (Å²) < 4.78 is 25.5. The van der Waals surface area contributed by atoms with Gasteiger partial charge in [-0.2, -0.15) is 0 Å². The normalized spacial score (nSPS) is 13.2. The molecular formula is C12H17F2N. The van der Waals surface area contributed by atoms with Crippen LogP contribution in [0.5, 0.6) is 0 Å². The minimum atomic E-state index is -2.39.